The van der Waals surface area contributed by atoms with Gasteiger partial charge in [0.2, 0.25) is 0 Å². The van der Waals surface area contributed by atoms with Gasteiger partial charge in [0, 0.05) is 56.6 Å². The monoisotopic (exact) mass is 436 g/mol. The number of hydrogen-bond donors (Lipinski definition) is 2. The van der Waals surface area contributed by atoms with Crippen LogP contribution in [-0.2, 0) is 13.1 Å². The van der Waals surface area contributed by atoms with E-state index in [0.29, 0.717) is 13.1 Å². The van der Waals surface area contributed by atoms with Crippen molar-refractivity contribution >= 4 is 11.8 Å². The van der Waals surface area contributed by atoms with E-state index in [0.717, 1.165) is 68.3 Å². The molecule has 2 N–H and O–H groups in total. The van der Waals surface area contributed by atoms with Gasteiger partial charge in [0.25, 0.3) is 0 Å². The highest BCUT2D eigenvalue weighted by Gasteiger charge is 2.22. The zero-order chi connectivity index (χ0) is 22.2. The SMILES string of the molecule is CCNC(=NCc1ccccc1OCC1CC1)NCc1cccnc1N1CCN(C)CC1. The van der Waals surface area contributed by atoms with Crippen molar-refractivity contribution in [2.75, 3.05) is 51.3 Å². The third-order valence-electron chi connectivity index (χ3n) is 6.01. The number of benzene rings is 1. The van der Waals surface area contributed by atoms with E-state index >= 15 is 0 Å². The summed E-state index contributed by atoms with van der Waals surface area (Å²) in [6.45, 7) is 9.11. The first-order chi connectivity index (χ1) is 15.7. The molecule has 1 aromatic heterocycles. The van der Waals surface area contributed by atoms with Gasteiger partial charge in [-0.2, -0.15) is 0 Å². The molecule has 0 bridgehead atoms. The number of aliphatic imine (C=N–C) groups is 1. The first-order valence-electron chi connectivity index (χ1n) is 11.8. The smallest absolute Gasteiger partial charge is 0.191 e. The molecule has 1 aliphatic heterocycles. The van der Waals surface area contributed by atoms with Gasteiger partial charge in [0.05, 0.1) is 13.2 Å². The number of nitrogens with zero attached hydrogens (tertiary/aromatic N) is 4. The average Bonchev–Trinajstić information content (AvgIpc) is 3.65. The Hall–Kier alpha value is -2.80. The topological polar surface area (TPSA) is 65.0 Å². The fourth-order valence-electron chi connectivity index (χ4n) is 3.82. The van der Waals surface area contributed by atoms with Crippen LogP contribution in [0, 0.1) is 5.92 Å². The maximum Gasteiger partial charge on any atom is 0.191 e. The number of para-hydroxylation sites is 1. The minimum Gasteiger partial charge on any atom is -0.493 e. The summed E-state index contributed by atoms with van der Waals surface area (Å²) in [7, 11) is 2.17. The van der Waals surface area contributed by atoms with Gasteiger partial charge >= 0.3 is 0 Å². The van der Waals surface area contributed by atoms with Gasteiger partial charge in [-0.3, -0.25) is 0 Å². The van der Waals surface area contributed by atoms with Crippen molar-refractivity contribution in [3.05, 3.63) is 53.7 Å². The summed E-state index contributed by atoms with van der Waals surface area (Å²) in [5, 5.41) is 6.86. The molecular weight excluding hydrogens is 400 g/mol. The molecule has 0 radical (unpaired) electrons. The van der Waals surface area contributed by atoms with Gasteiger partial charge in [-0.25, -0.2) is 9.98 Å². The van der Waals surface area contributed by atoms with Crippen molar-refractivity contribution in [1.29, 1.82) is 0 Å². The Bertz CT molecular complexity index is 890. The molecule has 2 fully saturated rings. The van der Waals surface area contributed by atoms with Crippen LogP contribution in [0.3, 0.4) is 0 Å². The normalized spacial score (nSPS) is 17.3. The zero-order valence-corrected chi connectivity index (χ0v) is 19.4. The van der Waals surface area contributed by atoms with Gasteiger partial charge in [-0.05, 0) is 44.9 Å². The number of aromatic nitrogens is 1. The van der Waals surface area contributed by atoms with Crippen molar-refractivity contribution < 1.29 is 4.74 Å². The van der Waals surface area contributed by atoms with Crippen LogP contribution >= 0.6 is 0 Å². The molecule has 1 saturated carbocycles. The van der Waals surface area contributed by atoms with E-state index in [9.17, 15) is 0 Å². The van der Waals surface area contributed by atoms with Crippen LogP contribution in [0.4, 0.5) is 5.82 Å². The van der Waals surface area contributed by atoms with Crippen LogP contribution in [-0.4, -0.2) is 62.2 Å². The lowest BCUT2D eigenvalue weighted by atomic mass is 10.2. The van der Waals surface area contributed by atoms with Gasteiger partial charge in [-0.15, -0.1) is 0 Å². The molecule has 4 rings (SSSR count). The number of anilines is 1. The third-order valence-corrected chi connectivity index (χ3v) is 6.01. The number of likely N-dealkylation sites (N-methyl/N-ethyl adjacent to an activating group) is 1. The summed E-state index contributed by atoms with van der Waals surface area (Å²) in [4.78, 5) is 14.3. The van der Waals surface area contributed by atoms with Crippen molar-refractivity contribution in [3.8, 4) is 5.75 Å². The number of pyridine rings is 1. The van der Waals surface area contributed by atoms with E-state index in [2.05, 4.69) is 51.5 Å². The fraction of sp³-hybridized carbons (Fsp3) is 0.520. The molecule has 2 aliphatic rings. The molecule has 1 saturated heterocycles. The van der Waals surface area contributed by atoms with E-state index in [1.807, 2.05) is 30.5 Å². The molecule has 172 valence electrons. The summed E-state index contributed by atoms with van der Waals surface area (Å²) >= 11 is 0. The number of rotatable bonds is 9. The summed E-state index contributed by atoms with van der Waals surface area (Å²) in [6.07, 6.45) is 4.47. The van der Waals surface area contributed by atoms with Crippen LogP contribution in [0.2, 0.25) is 0 Å². The standard InChI is InChI=1S/C25H36N6O/c1-3-26-25(28-17-21-7-4-5-9-23(21)32-19-20-10-11-20)29-18-22-8-6-12-27-24(22)31-15-13-30(2)14-16-31/h4-9,12,20H,3,10-11,13-19H2,1-2H3,(H2,26,28,29). The second kappa shape index (κ2) is 11.2. The predicted octanol–water partition coefficient (Wildman–Crippen LogP) is 2.88. The van der Waals surface area contributed by atoms with Crippen molar-refractivity contribution in [2.24, 2.45) is 10.9 Å². The summed E-state index contributed by atoms with van der Waals surface area (Å²) in [5.74, 6) is 3.56. The van der Waals surface area contributed by atoms with Gasteiger partial charge in [-0.1, -0.05) is 24.3 Å². The zero-order valence-electron chi connectivity index (χ0n) is 19.4. The number of guanidine groups is 1. The molecule has 7 heteroatoms. The Morgan fingerprint density at radius 2 is 1.84 bits per heavy atom. The lowest BCUT2D eigenvalue weighted by molar-refractivity contribution is 0.297. The summed E-state index contributed by atoms with van der Waals surface area (Å²) in [5.41, 5.74) is 2.31. The second-order valence-electron chi connectivity index (χ2n) is 8.69. The Kier molecular flexibility index (Phi) is 7.82. The Morgan fingerprint density at radius 3 is 2.62 bits per heavy atom. The molecule has 1 aliphatic carbocycles. The third kappa shape index (κ3) is 6.36. The second-order valence-corrected chi connectivity index (χ2v) is 8.69. The van der Waals surface area contributed by atoms with Crippen LogP contribution < -0.4 is 20.3 Å². The van der Waals surface area contributed by atoms with E-state index < -0.39 is 0 Å². The number of piperazine rings is 1. The van der Waals surface area contributed by atoms with E-state index in [-0.39, 0.29) is 0 Å². The van der Waals surface area contributed by atoms with E-state index in [4.69, 9.17) is 9.73 Å². The Labute approximate surface area is 191 Å². The van der Waals surface area contributed by atoms with Crippen LogP contribution in [0.5, 0.6) is 5.75 Å². The van der Waals surface area contributed by atoms with E-state index in [1.165, 1.54) is 18.4 Å². The van der Waals surface area contributed by atoms with Crippen molar-refractivity contribution in [2.45, 2.75) is 32.9 Å². The van der Waals surface area contributed by atoms with Crippen LogP contribution in [0.15, 0.2) is 47.6 Å². The molecule has 0 atom stereocenters. The molecular formula is C25H36N6O. The minimum absolute atomic E-state index is 0.578. The lowest BCUT2D eigenvalue weighted by Crippen LogP contribution is -2.45. The number of hydrogen-bond acceptors (Lipinski definition) is 5. The van der Waals surface area contributed by atoms with Crippen molar-refractivity contribution in [1.82, 2.24) is 20.5 Å². The van der Waals surface area contributed by atoms with Gasteiger partial charge in [0.15, 0.2) is 5.96 Å². The number of nitrogens with one attached hydrogen (secondary N) is 2. The first-order valence-corrected chi connectivity index (χ1v) is 11.8. The molecule has 32 heavy (non-hydrogen) atoms. The lowest BCUT2D eigenvalue weighted by Gasteiger charge is -2.34. The maximum atomic E-state index is 6.05. The molecule has 0 unspecified atom stereocenters. The molecule has 7 nitrogen and oxygen atoms in total. The van der Waals surface area contributed by atoms with Crippen LogP contribution in [0.25, 0.3) is 0 Å². The largest absolute Gasteiger partial charge is 0.493 e. The fourth-order valence-corrected chi connectivity index (χ4v) is 3.82. The number of ether oxygens (including phenoxy) is 1. The highest BCUT2D eigenvalue weighted by atomic mass is 16.5. The molecule has 1 aromatic carbocycles. The Balaban J connectivity index is 1.40. The van der Waals surface area contributed by atoms with Crippen molar-refractivity contribution in [3.63, 3.8) is 0 Å². The molecule has 2 heterocycles. The average molecular weight is 437 g/mol. The molecule has 2 aromatic rings. The summed E-state index contributed by atoms with van der Waals surface area (Å²) < 4.78 is 6.05. The predicted molar refractivity (Wildman–Crippen MR) is 130 cm³/mol. The quantitative estimate of drug-likeness (QED) is 0.466. The Morgan fingerprint density at radius 1 is 1.06 bits per heavy atom. The minimum atomic E-state index is 0.578. The van der Waals surface area contributed by atoms with Gasteiger partial charge in [0.1, 0.15) is 11.6 Å². The van der Waals surface area contributed by atoms with E-state index in [1.54, 1.807) is 0 Å². The van der Waals surface area contributed by atoms with Crippen LogP contribution in [0.1, 0.15) is 30.9 Å². The maximum absolute atomic E-state index is 6.05. The summed E-state index contributed by atoms with van der Waals surface area (Å²) in [6, 6.07) is 12.4. The molecule has 0 spiro atoms. The molecule has 0 amide bonds. The van der Waals surface area contributed by atoms with Gasteiger partial charge < -0.3 is 25.2 Å². The highest BCUT2D eigenvalue weighted by Crippen LogP contribution is 2.30. The highest BCUT2D eigenvalue weighted by molar-refractivity contribution is 5.80. The first kappa shape index (κ1) is 22.4.